The van der Waals surface area contributed by atoms with Crippen molar-refractivity contribution in [2.45, 2.75) is 31.9 Å². The highest BCUT2D eigenvalue weighted by Gasteiger charge is 2.28. The van der Waals surface area contributed by atoms with Gasteiger partial charge in [0, 0.05) is 51.4 Å². The van der Waals surface area contributed by atoms with Crippen molar-refractivity contribution in [3.05, 3.63) is 35.4 Å². The number of hydrogen-bond acceptors (Lipinski definition) is 4. The Morgan fingerprint density at radius 2 is 2.12 bits per heavy atom. The fraction of sp³-hybridized carbons (Fsp3) is 0.667. The van der Waals surface area contributed by atoms with Crippen molar-refractivity contribution in [1.82, 2.24) is 9.80 Å². The molecule has 1 aliphatic heterocycles. The first-order chi connectivity index (χ1) is 11.5. The number of aliphatic hydroxyl groups is 1. The Labute approximate surface area is 143 Å². The highest BCUT2D eigenvalue weighted by molar-refractivity contribution is 5.21. The van der Waals surface area contributed by atoms with Crippen molar-refractivity contribution in [3.63, 3.8) is 0 Å². The number of benzene rings is 1. The maximum Gasteiger partial charge on any atom is 0.129 e. The largest absolute Gasteiger partial charge is 0.387 e. The summed E-state index contributed by atoms with van der Waals surface area (Å²) in [6.07, 6.45) is 1.14. The van der Waals surface area contributed by atoms with E-state index in [4.69, 9.17) is 4.74 Å². The van der Waals surface area contributed by atoms with Gasteiger partial charge in [-0.05, 0) is 24.6 Å². The molecule has 1 N–H and O–H groups in total. The van der Waals surface area contributed by atoms with Gasteiger partial charge in [-0.25, -0.2) is 8.78 Å². The summed E-state index contributed by atoms with van der Waals surface area (Å²) in [6.45, 7) is 6.60. The fourth-order valence-corrected chi connectivity index (χ4v) is 3.35. The van der Waals surface area contributed by atoms with Gasteiger partial charge in [0.2, 0.25) is 0 Å². The average molecular weight is 342 g/mol. The quantitative estimate of drug-likeness (QED) is 0.787. The van der Waals surface area contributed by atoms with E-state index >= 15 is 0 Å². The molecular formula is C18H28F2N2O2. The number of piperazine rings is 1. The minimum absolute atomic E-state index is 0.0313. The smallest absolute Gasteiger partial charge is 0.129 e. The minimum Gasteiger partial charge on any atom is -0.387 e. The van der Waals surface area contributed by atoms with Crippen molar-refractivity contribution in [2.75, 3.05) is 46.4 Å². The molecule has 1 aromatic rings. The third-order valence-corrected chi connectivity index (χ3v) is 4.64. The number of ether oxygens (including phenoxy) is 1. The second-order valence-corrected chi connectivity index (χ2v) is 6.41. The SMILES string of the molecule is CCCC1CN(CC(O)c2cc(F)ccc2F)CCN1CCOC. The highest BCUT2D eigenvalue weighted by atomic mass is 19.1. The van der Waals surface area contributed by atoms with E-state index in [-0.39, 0.29) is 5.56 Å². The molecule has 4 nitrogen and oxygen atoms in total. The van der Waals surface area contributed by atoms with Crippen LogP contribution in [-0.4, -0.2) is 67.4 Å². The van der Waals surface area contributed by atoms with E-state index in [0.717, 1.165) is 57.2 Å². The van der Waals surface area contributed by atoms with Crippen LogP contribution in [0.15, 0.2) is 18.2 Å². The van der Waals surface area contributed by atoms with Crippen molar-refractivity contribution in [2.24, 2.45) is 0 Å². The zero-order valence-electron chi connectivity index (χ0n) is 14.5. The molecule has 1 fully saturated rings. The molecule has 2 atom stereocenters. The zero-order chi connectivity index (χ0) is 17.5. The van der Waals surface area contributed by atoms with Crippen LogP contribution in [0.5, 0.6) is 0 Å². The lowest BCUT2D eigenvalue weighted by Crippen LogP contribution is -2.54. The molecule has 0 amide bonds. The van der Waals surface area contributed by atoms with E-state index in [2.05, 4.69) is 16.7 Å². The lowest BCUT2D eigenvalue weighted by molar-refractivity contribution is 0.0235. The Kier molecular flexibility index (Phi) is 7.55. The molecule has 1 aromatic carbocycles. The average Bonchev–Trinajstić information content (AvgIpc) is 2.56. The second-order valence-electron chi connectivity index (χ2n) is 6.41. The minimum atomic E-state index is -1.02. The van der Waals surface area contributed by atoms with Gasteiger partial charge in [-0.3, -0.25) is 9.80 Å². The van der Waals surface area contributed by atoms with Crippen LogP contribution in [0.3, 0.4) is 0 Å². The summed E-state index contributed by atoms with van der Waals surface area (Å²) in [5.74, 6) is -1.09. The molecule has 0 bridgehead atoms. The van der Waals surface area contributed by atoms with Crippen LogP contribution in [-0.2, 0) is 4.74 Å². The Hall–Kier alpha value is -1.08. The van der Waals surface area contributed by atoms with Crippen LogP contribution in [0.2, 0.25) is 0 Å². The molecule has 1 saturated heterocycles. The van der Waals surface area contributed by atoms with Crippen LogP contribution in [0.25, 0.3) is 0 Å². The first kappa shape index (κ1) is 19.2. The number of β-amino-alcohol motifs (C(OH)–C–C–N with tert-alkyl or cyclic N) is 1. The molecule has 6 heteroatoms. The number of methoxy groups -OCH3 is 1. The monoisotopic (exact) mass is 342 g/mol. The van der Waals surface area contributed by atoms with Crippen LogP contribution in [0.4, 0.5) is 8.78 Å². The molecule has 136 valence electrons. The van der Waals surface area contributed by atoms with Gasteiger partial charge >= 0.3 is 0 Å². The van der Waals surface area contributed by atoms with Crippen LogP contribution in [0, 0.1) is 11.6 Å². The van der Waals surface area contributed by atoms with Crippen molar-refractivity contribution in [3.8, 4) is 0 Å². The molecule has 0 spiro atoms. The standard InChI is InChI=1S/C18H28F2N2O2/c1-3-4-15-12-21(7-8-22(15)9-10-24-2)13-18(23)16-11-14(19)5-6-17(16)20/h5-6,11,15,18,23H,3-4,7-10,12-13H2,1-2H3. The fourth-order valence-electron chi connectivity index (χ4n) is 3.35. The van der Waals surface area contributed by atoms with Gasteiger partial charge < -0.3 is 9.84 Å². The van der Waals surface area contributed by atoms with E-state index in [1.807, 2.05) is 0 Å². The van der Waals surface area contributed by atoms with Gasteiger partial charge in [-0.15, -0.1) is 0 Å². The third-order valence-electron chi connectivity index (χ3n) is 4.64. The molecule has 2 unspecified atom stereocenters. The predicted molar refractivity (Wildman–Crippen MR) is 89.9 cm³/mol. The van der Waals surface area contributed by atoms with E-state index < -0.39 is 17.7 Å². The first-order valence-corrected chi connectivity index (χ1v) is 8.63. The number of aliphatic hydroxyl groups excluding tert-OH is 1. The summed E-state index contributed by atoms with van der Waals surface area (Å²) >= 11 is 0. The molecule has 1 heterocycles. The summed E-state index contributed by atoms with van der Waals surface area (Å²) in [4.78, 5) is 4.55. The maximum absolute atomic E-state index is 13.8. The van der Waals surface area contributed by atoms with Crippen LogP contribution < -0.4 is 0 Å². The van der Waals surface area contributed by atoms with Crippen molar-refractivity contribution >= 4 is 0 Å². The molecular weight excluding hydrogens is 314 g/mol. The summed E-state index contributed by atoms with van der Waals surface area (Å²) < 4.78 is 32.3. The molecule has 0 saturated carbocycles. The topological polar surface area (TPSA) is 35.9 Å². The third kappa shape index (κ3) is 5.21. The summed E-state index contributed by atoms with van der Waals surface area (Å²) in [6, 6.07) is 3.62. The van der Waals surface area contributed by atoms with Crippen molar-refractivity contribution in [1.29, 1.82) is 0 Å². The summed E-state index contributed by atoms with van der Waals surface area (Å²) in [7, 11) is 1.70. The second kappa shape index (κ2) is 9.42. The lowest BCUT2D eigenvalue weighted by atomic mass is 10.0. The van der Waals surface area contributed by atoms with E-state index in [0.29, 0.717) is 19.2 Å². The van der Waals surface area contributed by atoms with E-state index in [1.54, 1.807) is 7.11 Å². The first-order valence-electron chi connectivity index (χ1n) is 8.63. The molecule has 2 rings (SSSR count). The molecule has 0 radical (unpaired) electrons. The van der Waals surface area contributed by atoms with Crippen LogP contribution >= 0.6 is 0 Å². The van der Waals surface area contributed by atoms with Crippen LogP contribution in [0.1, 0.15) is 31.4 Å². The van der Waals surface area contributed by atoms with Gasteiger partial charge in [0.1, 0.15) is 11.6 Å². The zero-order valence-corrected chi connectivity index (χ0v) is 14.5. The molecule has 0 aliphatic carbocycles. The Bertz CT molecular complexity index is 516. The Balaban J connectivity index is 1.96. The van der Waals surface area contributed by atoms with Gasteiger partial charge in [-0.1, -0.05) is 13.3 Å². The Morgan fingerprint density at radius 3 is 2.83 bits per heavy atom. The molecule has 1 aliphatic rings. The van der Waals surface area contributed by atoms with E-state index in [1.165, 1.54) is 0 Å². The van der Waals surface area contributed by atoms with Gasteiger partial charge in [0.05, 0.1) is 12.7 Å². The maximum atomic E-state index is 13.8. The predicted octanol–water partition coefficient (Wildman–Crippen LogP) is 2.43. The van der Waals surface area contributed by atoms with E-state index in [9.17, 15) is 13.9 Å². The molecule has 0 aromatic heterocycles. The number of hydrogen-bond donors (Lipinski definition) is 1. The summed E-state index contributed by atoms with van der Waals surface area (Å²) in [5.41, 5.74) is 0.0313. The highest BCUT2D eigenvalue weighted by Crippen LogP contribution is 2.22. The number of nitrogens with zero attached hydrogens (tertiary/aromatic N) is 2. The van der Waals surface area contributed by atoms with Crippen molar-refractivity contribution < 1.29 is 18.6 Å². The van der Waals surface area contributed by atoms with Gasteiger partial charge in [0.15, 0.2) is 0 Å². The number of rotatable bonds is 8. The lowest BCUT2D eigenvalue weighted by Gasteiger charge is -2.42. The summed E-state index contributed by atoms with van der Waals surface area (Å²) in [5, 5.41) is 10.3. The van der Waals surface area contributed by atoms with Gasteiger partial charge in [-0.2, -0.15) is 0 Å². The molecule has 24 heavy (non-hydrogen) atoms. The normalized spacial score (nSPS) is 21.1. The van der Waals surface area contributed by atoms with Gasteiger partial charge in [0.25, 0.3) is 0 Å². The Morgan fingerprint density at radius 1 is 1.33 bits per heavy atom. The number of halogens is 2.